The van der Waals surface area contributed by atoms with Gasteiger partial charge in [-0.1, -0.05) is 30.3 Å². The van der Waals surface area contributed by atoms with Crippen molar-refractivity contribution in [3.63, 3.8) is 0 Å². The van der Waals surface area contributed by atoms with Gasteiger partial charge in [0.25, 0.3) is 5.91 Å². The summed E-state index contributed by atoms with van der Waals surface area (Å²) >= 11 is 0. The number of carbonyl (C=O) groups excluding carboxylic acids is 2. The predicted molar refractivity (Wildman–Crippen MR) is 85.6 cm³/mol. The number of amides is 2. The molecule has 0 aliphatic carbocycles. The van der Waals surface area contributed by atoms with Crippen molar-refractivity contribution in [3.8, 4) is 0 Å². The van der Waals surface area contributed by atoms with Crippen molar-refractivity contribution in [2.75, 3.05) is 19.8 Å². The summed E-state index contributed by atoms with van der Waals surface area (Å²) < 4.78 is 5.30. The molecule has 2 amide bonds. The van der Waals surface area contributed by atoms with Gasteiger partial charge in [-0.25, -0.2) is 5.01 Å². The van der Waals surface area contributed by atoms with Crippen LogP contribution in [-0.4, -0.2) is 42.3 Å². The van der Waals surface area contributed by atoms with Crippen molar-refractivity contribution in [1.82, 2.24) is 10.3 Å². The van der Waals surface area contributed by atoms with Gasteiger partial charge in [0, 0.05) is 31.9 Å². The van der Waals surface area contributed by atoms with Gasteiger partial charge in [0.2, 0.25) is 5.91 Å². The van der Waals surface area contributed by atoms with Crippen LogP contribution in [0.1, 0.15) is 24.8 Å². The molecule has 0 bridgehead atoms. The Morgan fingerprint density at radius 1 is 1.30 bits per heavy atom. The molecule has 6 nitrogen and oxygen atoms in total. The average molecular weight is 315 g/mol. The summed E-state index contributed by atoms with van der Waals surface area (Å²) in [4.78, 5) is 24.2. The zero-order valence-corrected chi connectivity index (χ0v) is 13.0. The Kier molecular flexibility index (Phi) is 5.02. The number of hydrazone groups is 1. The van der Waals surface area contributed by atoms with Gasteiger partial charge >= 0.3 is 0 Å². The number of carbonyl (C=O) groups is 2. The first kappa shape index (κ1) is 15.7. The van der Waals surface area contributed by atoms with Gasteiger partial charge in [-0.05, 0) is 12.0 Å². The molecule has 0 radical (unpaired) electrons. The molecule has 1 aromatic rings. The van der Waals surface area contributed by atoms with Crippen LogP contribution in [0.25, 0.3) is 0 Å². The van der Waals surface area contributed by atoms with Crippen molar-refractivity contribution in [2.24, 2.45) is 11.0 Å². The van der Waals surface area contributed by atoms with Crippen LogP contribution in [0.5, 0.6) is 0 Å². The average Bonchev–Trinajstić information content (AvgIpc) is 3.09. The van der Waals surface area contributed by atoms with E-state index in [9.17, 15) is 9.59 Å². The Hall–Kier alpha value is -2.21. The van der Waals surface area contributed by atoms with Gasteiger partial charge in [-0.3, -0.25) is 9.59 Å². The monoisotopic (exact) mass is 315 g/mol. The molecule has 2 aliphatic rings. The van der Waals surface area contributed by atoms with Gasteiger partial charge in [0.05, 0.1) is 13.2 Å². The van der Waals surface area contributed by atoms with Crippen molar-refractivity contribution in [3.05, 3.63) is 35.9 Å². The first-order valence-corrected chi connectivity index (χ1v) is 8.00. The van der Waals surface area contributed by atoms with E-state index < -0.39 is 0 Å². The van der Waals surface area contributed by atoms with Crippen LogP contribution < -0.4 is 5.32 Å². The van der Waals surface area contributed by atoms with Gasteiger partial charge in [-0.2, -0.15) is 5.10 Å². The zero-order valence-electron chi connectivity index (χ0n) is 13.0. The quantitative estimate of drug-likeness (QED) is 0.891. The maximum absolute atomic E-state index is 12.2. The molecule has 6 heteroatoms. The maximum atomic E-state index is 12.2. The van der Waals surface area contributed by atoms with Gasteiger partial charge in [-0.15, -0.1) is 0 Å². The fraction of sp³-hybridized carbons (Fsp3) is 0.471. The summed E-state index contributed by atoms with van der Waals surface area (Å²) in [6.45, 7) is 2.46. The van der Waals surface area contributed by atoms with E-state index in [-0.39, 0.29) is 11.8 Å². The lowest BCUT2D eigenvalue weighted by Crippen LogP contribution is -2.40. The highest BCUT2D eigenvalue weighted by atomic mass is 16.5. The first-order valence-electron chi connectivity index (χ1n) is 8.00. The standard InChI is InChI=1S/C17H21N3O3/c21-16-7-6-15(17(22)18-10-14-8-9-23-12-14)19-20(16)11-13-4-2-1-3-5-13/h1-5,14H,6-12H2,(H,18,22). The maximum Gasteiger partial charge on any atom is 0.267 e. The molecule has 0 spiro atoms. The third-order valence-electron chi connectivity index (χ3n) is 4.12. The third kappa shape index (κ3) is 4.16. The van der Waals surface area contributed by atoms with Crippen LogP contribution >= 0.6 is 0 Å². The highest BCUT2D eigenvalue weighted by Crippen LogP contribution is 2.14. The number of nitrogens with zero attached hydrogens (tertiary/aromatic N) is 2. The fourth-order valence-electron chi connectivity index (χ4n) is 2.73. The SMILES string of the molecule is O=C(NCC1CCOC1)C1=NN(Cc2ccccc2)C(=O)CC1. The highest BCUT2D eigenvalue weighted by molar-refractivity contribution is 6.39. The summed E-state index contributed by atoms with van der Waals surface area (Å²) in [5.74, 6) is 0.155. The number of ether oxygens (including phenoxy) is 1. The summed E-state index contributed by atoms with van der Waals surface area (Å²) in [6.07, 6.45) is 1.70. The second-order valence-electron chi connectivity index (χ2n) is 5.92. The summed E-state index contributed by atoms with van der Waals surface area (Å²) in [5, 5.41) is 8.56. The lowest BCUT2D eigenvalue weighted by molar-refractivity contribution is -0.132. The zero-order chi connectivity index (χ0) is 16.1. The number of rotatable bonds is 5. The predicted octanol–water partition coefficient (Wildman–Crippen LogP) is 1.32. The number of hydrogen-bond donors (Lipinski definition) is 1. The molecule has 122 valence electrons. The van der Waals surface area contributed by atoms with E-state index in [0.717, 1.165) is 18.6 Å². The minimum absolute atomic E-state index is 0.0467. The van der Waals surface area contributed by atoms with Gasteiger partial charge in [0.1, 0.15) is 5.71 Å². The molecule has 0 aromatic heterocycles. The molecule has 1 aromatic carbocycles. The van der Waals surface area contributed by atoms with Gasteiger partial charge in [0.15, 0.2) is 0 Å². The van der Waals surface area contributed by atoms with Crippen molar-refractivity contribution in [2.45, 2.75) is 25.8 Å². The molecule has 1 N–H and O–H groups in total. The van der Waals surface area contributed by atoms with Crippen LogP contribution in [-0.2, 0) is 20.9 Å². The van der Waals surface area contributed by atoms with Crippen LogP contribution in [0.4, 0.5) is 0 Å². The molecule has 2 heterocycles. The largest absolute Gasteiger partial charge is 0.381 e. The topological polar surface area (TPSA) is 71.0 Å². The molecular weight excluding hydrogens is 294 g/mol. The highest BCUT2D eigenvalue weighted by Gasteiger charge is 2.25. The third-order valence-corrected chi connectivity index (χ3v) is 4.12. The molecule has 1 atom stereocenters. The number of nitrogens with one attached hydrogen (secondary N) is 1. The molecule has 1 unspecified atom stereocenters. The molecule has 3 rings (SSSR count). The van der Waals surface area contributed by atoms with E-state index in [1.807, 2.05) is 30.3 Å². The fourth-order valence-corrected chi connectivity index (χ4v) is 2.73. The molecule has 2 aliphatic heterocycles. The molecule has 0 saturated carbocycles. The normalized spacial score (nSPS) is 21.2. The van der Waals surface area contributed by atoms with E-state index in [4.69, 9.17) is 4.74 Å². The lowest BCUT2D eigenvalue weighted by Gasteiger charge is -2.23. The van der Waals surface area contributed by atoms with E-state index in [1.165, 1.54) is 5.01 Å². The van der Waals surface area contributed by atoms with Crippen molar-refractivity contribution < 1.29 is 14.3 Å². The molecule has 1 fully saturated rings. The molecule has 1 saturated heterocycles. The second kappa shape index (κ2) is 7.37. The summed E-state index contributed by atoms with van der Waals surface area (Å²) in [7, 11) is 0. The Morgan fingerprint density at radius 2 is 2.13 bits per heavy atom. The van der Waals surface area contributed by atoms with Crippen LogP contribution in [0.15, 0.2) is 35.4 Å². The van der Waals surface area contributed by atoms with Gasteiger partial charge < -0.3 is 10.1 Å². The summed E-state index contributed by atoms with van der Waals surface area (Å²) in [5.41, 5.74) is 1.42. The first-order chi connectivity index (χ1) is 11.2. The van der Waals surface area contributed by atoms with E-state index >= 15 is 0 Å². The van der Waals surface area contributed by atoms with E-state index in [2.05, 4.69) is 10.4 Å². The number of hydrogen-bond acceptors (Lipinski definition) is 4. The van der Waals surface area contributed by atoms with E-state index in [1.54, 1.807) is 0 Å². The Labute approximate surface area is 135 Å². The van der Waals surface area contributed by atoms with Crippen LogP contribution in [0.3, 0.4) is 0 Å². The smallest absolute Gasteiger partial charge is 0.267 e. The van der Waals surface area contributed by atoms with Crippen LogP contribution in [0.2, 0.25) is 0 Å². The minimum atomic E-state index is -0.178. The second-order valence-corrected chi connectivity index (χ2v) is 5.92. The Balaban J connectivity index is 1.60. The number of benzene rings is 1. The van der Waals surface area contributed by atoms with Crippen molar-refractivity contribution >= 4 is 17.5 Å². The van der Waals surface area contributed by atoms with Crippen molar-refractivity contribution in [1.29, 1.82) is 0 Å². The Bertz CT molecular complexity index is 594. The summed E-state index contributed by atoms with van der Waals surface area (Å²) in [6, 6.07) is 9.65. The molecule has 23 heavy (non-hydrogen) atoms. The van der Waals surface area contributed by atoms with Crippen LogP contribution in [0, 0.1) is 5.92 Å². The minimum Gasteiger partial charge on any atom is -0.381 e. The Morgan fingerprint density at radius 3 is 2.87 bits per heavy atom. The van der Waals surface area contributed by atoms with E-state index in [0.29, 0.717) is 44.2 Å². The lowest BCUT2D eigenvalue weighted by atomic mass is 10.1. The molecular formula is C17H21N3O3.